The van der Waals surface area contributed by atoms with E-state index in [9.17, 15) is 43.2 Å². The number of carbonyl (C=O) groups excluding carboxylic acids is 12. The molecule has 0 spiro atoms. The van der Waals surface area contributed by atoms with Crippen LogP contribution in [0.5, 0.6) is 0 Å². The van der Waals surface area contributed by atoms with Gasteiger partial charge in [0.1, 0.15) is 0 Å². The molecule has 137 heavy (non-hydrogen) atoms. The van der Waals surface area contributed by atoms with Crippen LogP contribution in [0.15, 0.2) is 12.3 Å². The fourth-order valence-corrected chi connectivity index (χ4v) is 11.8. The lowest BCUT2D eigenvalue weighted by Crippen LogP contribution is -2.56. The Morgan fingerprint density at radius 2 is 0.511 bits per heavy atom. The van der Waals surface area contributed by atoms with Crippen molar-refractivity contribution in [2.45, 2.75) is 95.4 Å². The molecule has 0 aromatic rings. The van der Waals surface area contributed by atoms with Gasteiger partial charge in [-0.15, -0.1) is 5.06 Å². The highest BCUT2D eigenvalue weighted by atomic mass is 16.7. The van der Waals surface area contributed by atoms with Crippen molar-refractivity contribution in [3.05, 3.63) is 12.3 Å². The summed E-state index contributed by atoms with van der Waals surface area (Å²) < 4.78 is 131. The van der Waals surface area contributed by atoms with Crippen molar-refractivity contribution in [3.8, 4) is 0 Å². The number of rotatable bonds is 103. The van der Waals surface area contributed by atoms with E-state index in [-0.39, 0.29) is 272 Å². The summed E-state index contributed by atoms with van der Waals surface area (Å²) >= 11 is 0. The third kappa shape index (κ3) is 78.8. The van der Waals surface area contributed by atoms with Crippen LogP contribution < -0.4 is 37.2 Å². The fraction of sp³-hybridized carbons (Fsp3) is 0.843. The molecule has 1 aliphatic rings. The first kappa shape index (κ1) is 127. The van der Waals surface area contributed by atoms with Gasteiger partial charge in [0.15, 0.2) is 0 Å². The molecule has 0 saturated carbocycles. The van der Waals surface area contributed by atoms with Crippen molar-refractivity contribution in [3.63, 3.8) is 0 Å². The van der Waals surface area contributed by atoms with E-state index in [1.54, 1.807) is 47.6 Å². The summed E-state index contributed by atoms with van der Waals surface area (Å²) in [7, 11) is 9.40. The van der Waals surface area contributed by atoms with Gasteiger partial charge in [-0.25, -0.2) is 4.79 Å². The van der Waals surface area contributed by atoms with Gasteiger partial charge in [-0.05, 0) is 32.1 Å². The van der Waals surface area contributed by atoms with Crippen LogP contribution in [0.3, 0.4) is 0 Å². The highest BCUT2D eigenvalue weighted by Crippen LogP contribution is 2.29. The molecular weight excluding hydrogens is 1820 g/mol. The summed E-state index contributed by atoms with van der Waals surface area (Å²) in [6.45, 7) is 14.0. The maximum atomic E-state index is 15.8. The van der Waals surface area contributed by atoms with E-state index in [2.05, 4.69) is 43.8 Å². The number of carbonyl (C=O) groups is 12. The van der Waals surface area contributed by atoms with Gasteiger partial charge in [0.05, 0.1) is 322 Å². The second-order valence-electron chi connectivity index (χ2n) is 30.2. The zero-order valence-corrected chi connectivity index (χ0v) is 82.2. The quantitative estimate of drug-likeness (QED) is 0.0244. The van der Waals surface area contributed by atoms with Crippen LogP contribution in [0, 0.1) is 0 Å². The summed E-state index contributed by atoms with van der Waals surface area (Å²) in [4.78, 5) is 176. The molecule has 0 aromatic carbocycles. The molecule has 48 nitrogen and oxygen atoms in total. The fourth-order valence-electron chi connectivity index (χ4n) is 11.8. The Morgan fingerprint density at radius 3 is 0.781 bits per heavy atom. The molecule has 7 N–H and O–H groups in total. The molecule has 1 aliphatic heterocycles. The first-order valence-electron chi connectivity index (χ1n) is 47.1. The lowest BCUT2D eigenvalue weighted by atomic mass is 9.83. The molecule has 0 unspecified atom stereocenters. The molecule has 1 heterocycles. The van der Waals surface area contributed by atoms with Crippen LogP contribution in [0.25, 0.3) is 0 Å². The second kappa shape index (κ2) is 93.4. The van der Waals surface area contributed by atoms with Gasteiger partial charge in [-0.3, -0.25) is 52.7 Å². The summed E-state index contributed by atoms with van der Waals surface area (Å²) in [5.74, 6) is -8.25. The van der Waals surface area contributed by atoms with Gasteiger partial charge in [0.25, 0.3) is 11.8 Å². The van der Waals surface area contributed by atoms with E-state index >= 15 is 14.4 Å². The molecular formula is C89H163N11O37. The molecule has 0 aliphatic carbocycles. The van der Waals surface area contributed by atoms with E-state index < -0.39 is 104 Å². The average molecular weight is 1980 g/mol. The topological polar surface area (TPSA) is 533 Å². The van der Waals surface area contributed by atoms with Gasteiger partial charge in [0.2, 0.25) is 53.2 Å². The van der Waals surface area contributed by atoms with Crippen LogP contribution in [-0.2, 0) is 176 Å². The number of hydrogen-bond acceptors (Lipinski definition) is 38. The summed E-state index contributed by atoms with van der Waals surface area (Å²) in [6.07, 6.45) is -3.65. The van der Waals surface area contributed by atoms with Crippen LogP contribution in [0.4, 0.5) is 0 Å². The van der Waals surface area contributed by atoms with Crippen molar-refractivity contribution < 1.29 is 176 Å². The predicted molar refractivity (Wildman–Crippen MR) is 491 cm³/mol. The number of nitrogens with zero attached hydrogens (tertiary/aromatic N) is 4. The maximum absolute atomic E-state index is 15.8. The largest absolute Gasteiger partial charge is 0.382 e. The molecule has 1 rings (SSSR count). The third-order valence-corrected chi connectivity index (χ3v) is 19.2. The zero-order valence-electron chi connectivity index (χ0n) is 82.2. The van der Waals surface area contributed by atoms with Crippen molar-refractivity contribution in [2.24, 2.45) is 0 Å². The van der Waals surface area contributed by atoms with Crippen LogP contribution >= 0.6 is 0 Å². The Kier molecular flexibility index (Phi) is 86.9. The minimum atomic E-state index is -2.13. The Morgan fingerprint density at radius 1 is 0.277 bits per heavy atom. The van der Waals surface area contributed by atoms with E-state index in [1.165, 1.54) is 0 Å². The van der Waals surface area contributed by atoms with E-state index in [0.29, 0.717) is 157 Å². The molecule has 48 heteroatoms. The Labute approximate surface area is 807 Å². The molecule has 1 saturated heterocycles. The molecule has 796 valence electrons. The number of methoxy groups -OCH3 is 6. The molecule has 11 amide bonds. The van der Waals surface area contributed by atoms with E-state index in [0.717, 1.165) is 9.80 Å². The second-order valence-corrected chi connectivity index (χ2v) is 30.2. The standard InChI is InChI=1S/C89H163N11O37/c1-76(97(26-32-122-50-56-134-68-62-128-44-38-116-5)73-81(105)90-20-8-11-77(101)93-23-29-119-47-53-131-65-59-125-41-35-113-2)18-19-89(96-80(104)14-17-88(112)137-100-84(108)15-16-85(100)109,71-86(110)98(27-33-123-51-57-135-69-63-129-45-39-117-6)74-82(106)91-21-9-12-78(102)94-24-30-120-48-54-132-66-60-126-42-36-114-3)72-87(111)99(28-34-124-52-58-136-70-64-130-46-40-118-7)75-83(107)92-22-10-13-79(103)95-25-31-121-49-55-133-67-61-127-43-37-115-4/h1,8-75H2,2-7H3,(H,90,105)(H,91,106)(H,92,107)(H,93,101)(H,94,102)(H,95,103)(H,96,104). The first-order chi connectivity index (χ1) is 66.8. The highest BCUT2D eigenvalue weighted by Gasteiger charge is 2.41. The average Bonchev–Trinajstić information content (AvgIpc) is 1.67. The highest BCUT2D eigenvalue weighted by molar-refractivity contribution is 6.01. The van der Waals surface area contributed by atoms with Gasteiger partial charge in [0, 0.05) is 146 Å². The normalized spacial score (nSPS) is 12.0. The number of hydroxylamine groups is 2. The Bertz CT molecular complexity index is 2970. The summed E-state index contributed by atoms with van der Waals surface area (Å²) in [6, 6.07) is 0. The molecule has 0 bridgehead atoms. The van der Waals surface area contributed by atoms with Gasteiger partial charge >= 0.3 is 5.97 Å². The minimum Gasteiger partial charge on any atom is -0.382 e. The van der Waals surface area contributed by atoms with Crippen LogP contribution in [0.1, 0.15) is 89.9 Å². The van der Waals surface area contributed by atoms with Gasteiger partial charge in [-0.2, -0.15) is 0 Å². The number of imide groups is 1. The Balaban J connectivity index is 4.07. The number of allylic oxidation sites excluding steroid dienone is 1. The number of nitrogens with one attached hydrogen (secondary N) is 7. The molecule has 0 aromatic heterocycles. The van der Waals surface area contributed by atoms with Gasteiger partial charge < -0.3 is 170 Å². The summed E-state index contributed by atoms with van der Waals surface area (Å²) in [5, 5.41) is 20.0. The monoisotopic (exact) mass is 1980 g/mol. The van der Waals surface area contributed by atoms with Gasteiger partial charge in [-0.1, -0.05) is 6.58 Å². The predicted octanol–water partition coefficient (Wildman–Crippen LogP) is -2.52. The van der Waals surface area contributed by atoms with Crippen molar-refractivity contribution in [1.29, 1.82) is 0 Å². The number of amides is 11. The van der Waals surface area contributed by atoms with Crippen molar-refractivity contribution in [2.75, 3.05) is 399 Å². The first-order valence-corrected chi connectivity index (χ1v) is 47.1. The zero-order chi connectivity index (χ0) is 100. The molecule has 0 atom stereocenters. The maximum Gasteiger partial charge on any atom is 0.333 e. The van der Waals surface area contributed by atoms with Crippen molar-refractivity contribution in [1.82, 2.24) is 57.0 Å². The lowest BCUT2D eigenvalue weighted by molar-refractivity contribution is -0.197. The minimum absolute atomic E-state index is 0.00636. The SMILES string of the molecule is C=C(CCC(CC(=O)N(CCOCCOCCOCCOC)CC(=O)NCCCC(=O)NCCOCCOCCOCCOC)(CC(=O)N(CCOCCOCCOCCOC)CC(=O)NCCCC(=O)NCCOCCOCCOCCOC)NC(=O)CCC(=O)ON1C(=O)CCC1=O)N(CCOCCOCCOCCOC)CC(=O)NCCCC(=O)NCCOCCOCCOCCOC. The van der Waals surface area contributed by atoms with Crippen molar-refractivity contribution >= 4 is 70.9 Å². The smallest absolute Gasteiger partial charge is 0.333 e. The summed E-state index contributed by atoms with van der Waals surface area (Å²) in [5.41, 5.74) is -1.92. The number of hydrogen-bond donors (Lipinski definition) is 7. The lowest BCUT2D eigenvalue weighted by Gasteiger charge is -2.38. The Hall–Kier alpha value is -7.58. The van der Waals surface area contributed by atoms with Crippen LogP contribution in [-0.4, -0.2) is 495 Å². The van der Waals surface area contributed by atoms with E-state index in [1.807, 2.05) is 0 Å². The van der Waals surface area contributed by atoms with E-state index in [4.69, 9.17) is 119 Å². The number of ether oxygens (including phenoxy) is 24. The molecule has 1 fully saturated rings. The van der Waals surface area contributed by atoms with Crippen LogP contribution in [0.2, 0.25) is 0 Å². The third-order valence-electron chi connectivity index (χ3n) is 19.2. The molecule has 0 radical (unpaired) electrons.